The van der Waals surface area contributed by atoms with E-state index in [-0.39, 0.29) is 11.7 Å². The van der Waals surface area contributed by atoms with Crippen LogP contribution in [0.3, 0.4) is 0 Å². The number of piperidine rings is 1. The van der Waals surface area contributed by atoms with E-state index in [9.17, 15) is 13.2 Å². The van der Waals surface area contributed by atoms with Gasteiger partial charge < -0.3 is 10.2 Å². The van der Waals surface area contributed by atoms with Crippen LogP contribution in [0.5, 0.6) is 0 Å². The Balaban J connectivity index is 2.16. The maximum atomic E-state index is 13.1. The molecule has 1 aliphatic rings. The van der Waals surface area contributed by atoms with Crippen molar-refractivity contribution in [2.45, 2.75) is 32.0 Å². The third-order valence-corrected chi connectivity index (χ3v) is 4.09. The molecular formula is C14H18BrF3N2. The highest BCUT2D eigenvalue weighted by Gasteiger charge is 2.34. The van der Waals surface area contributed by atoms with Crippen LogP contribution in [-0.2, 0) is 6.18 Å². The lowest BCUT2D eigenvalue weighted by Gasteiger charge is -2.33. The summed E-state index contributed by atoms with van der Waals surface area (Å²) >= 11 is 3.10. The normalized spacial score (nSPS) is 20.9. The Labute approximate surface area is 125 Å². The zero-order chi connectivity index (χ0) is 14.8. The fraction of sp³-hybridized carbons (Fsp3) is 0.571. The van der Waals surface area contributed by atoms with Gasteiger partial charge in [-0.25, -0.2) is 0 Å². The number of hydrogen-bond donors (Lipinski definition) is 1. The number of anilines is 1. The molecule has 6 heteroatoms. The Morgan fingerprint density at radius 1 is 1.40 bits per heavy atom. The minimum atomic E-state index is -4.34. The van der Waals surface area contributed by atoms with Crippen molar-refractivity contribution in [1.82, 2.24) is 4.90 Å². The van der Waals surface area contributed by atoms with E-state index in [1.807, 2.05) is 0 Å². The van der Waals surface area contributed by atoms with Gasteiger partial charge in [-0.15, -0.1) is 0 Å². The minimum Gasteiger partial charge on any atom is -0.381 e. The smallest absolute Gasteiger partial charge is 0.381 e. The molecule has 0 radical (unpaired) electrons. The molecular weight excluding hydrogens is 333 g/mol. The summed E-state index contributed by atoms with van der Waals surface area (Å²) in [6.45, 7) is 4.83. The Morgan fingerprint density at radius 2 is 2.15 bits per heavy atom. The number of nitrogens with zero attached hydrogens (tertiary/aromatic N) is 1. The predicted octanol–water partition coefficient (Wildman–Crippen LogP) is 4.36. The van der Waals surface area contributed by atoms with Gasteiger partial charge in [0.25, 0.3) is 0 Å². The number of benzene rings is 1. The highest BCUT2D eigenvalue weighted by atomic mass is 79.9. The number of rotatable bonds is 3. The van der Waals surface area contributed by atoms with E-state index in [1.165, 1.54) is 6.07 Å². The van der Waals surface area contributed by atoms with E-state index in [0.29, 0.717) is 4.47 Å². The first-order valence-corrected chi connectivity index (χ1v) is 7.55. The highest BCUT2D eigenvalue weighted by Crippen LogP contribution is 2.37. The third-order valence-electron chi connectivity index (χ3n) is 3.60. The predicted molar refractivity (Wildman–Crippen MR) is 77.9 cm³/mol. The van der Waals surface area contributed by atoms with Crippen molar-refractivity contribution in [3.8, 4) is 0 Å². The molecule has 0 amide bonds. The van der Waals surface area contributed by atoms with E-state index in [4.69, 9.17) is 0 Å². The van der Waals surface area contributed by atoms with E-state index < -0.39 is 11.7 Å². The van der Waals surface area contributed by atoms with Gasteiger partial charge in [0.05, 0.1) is 5.56 Å². The summed E-state index contributed by atoms with van der Waals surface area (Å²) in [4.78, 5) is 2.26. The molecule has 2 rings (SSSR count). The Morgan fingerprint density at radius 3 is 2.80 bits per heavy atom. The molecule has 1 aromatic rings. The Bertz CT molecular complexity index is 462. The Hall–Kier alpha value is -0.750. The third kappa shape index (κ3) is 3.88. The van der Waals surface area contributed by atoms with Crippen LogP contribution in [-0.4, -0.2) is 30.6 Å². The molecule has 1 N–H and O–H groups in total. The lowest BCUT2D eigenvalue weighted by molar-refractivity contribution is -0.137. The summed E-state index contributed by atoms with van der Waals surface area (Å²) in [6.07, 6.45) is -2.42. The van der Waals surface area contributed by atoms with Gasteiger partial charge in [0.2, 0.25) is 0 Å². The van der Waals surface area contributed by atoms with Crippen molar-refractivity contribution in [2.24, 2.45) is 0 Å². The summed E-state index contributed by atoms with van der Waals surface area (Å²) < 4.78 is 39.6. The lowest BCUT2D eigenvalue weighted by atomic mass is 10.0. The zero-order valence-corrected chi connectivity index (χ0v) is 12.9. The monoisotopic (exact) mass is 350 g/mol. The second kappa shape index (κ2) is 6.35. The summed E-state index contributed by atoms with van der Waals surface area (Å²) in [5, 5.41) is 3.07. The van der Waals surface area contributed by atoms with Gasteiger partial charge in [-0.05, 0) is 44.1 Å². The first-order valence-electron chi connectivity index (χ1n) is 6.75. The van der Waals surface area contributed by atoms with Crippen molar-refractivity contribution in [3.63, 3.8) is 0 Å². The van der Waals surface area contributed by atoms with Crippen LogP contribution in [0.25, 0.3) is 0 Å². The number of nitrogens with one attached hydrogen (secondary N) is 1. The standard InChI is InChI=1S/C14H18BrF3N2/c1-2-20-7-3-4-11(9-20)19-13-6-5-10(15)8-12(13)14(16,17)18/h5-6,8,11,19H,2-4,7,9H2,1H3. The molecule has 1 fully saturated rings. The maximum absolute atomic E-state index is 13.1. The molecule has 0 saturated carbocycles. The van der Waals surface area contributed by atoms with E-state index in [0.717, 1.165) is 38.5 Å². The van der Waals surface area contributed by atoms with Crippen molar-refractivity contribution < 1.29 is 13.2 Å². The van der Waals surface area contributed by atoms with Gasteiger partial charge in [-0.1, -0.05) is 22.9 Å². The molecule has 20 heavy (non-hydrogen) atoms. The zero-order valence-electron chi connectivity index (χ0n) is 11.3. The van der Waals surface area contributed by atoms with Gasteiger partial charge in [0, 0.05) is 22.7 Å². The molecule has 1 saturated heterocycles. The van der Waals surface area contributed by atoms with Crippen LogP contribution < -0.4 is 5.32 Å². The van der Waals surface area contributed by atoms with E-state index >= 15 is 0 Å². The van der Waals surface area contributed by atoms with E-state index in [1.54, 1.807) is 6.07 Å². The summed E-state index contributed by atoms with van der Waals surface area (Å²) in [7, 11) is 0. The van der Waals surface area contributed by atoms with Gasteiger partial charge in [0.15, 0.2) is 0 Å². The summed E-state index contributed by atoms with van der Waals surface area (Å²) in [6, 6.07) is 4.34. The second-order valence-corrected chi connectivity index (χ2v) is 5.98. The molecule has 112 valence electrons. The van der Waals surface area contributed by atoms with Gasteiger partial charge in [-0.3, -0.25) is 0 Å². The molecule has 0 aromatic heterocycles. The van der Waals surface area contributed by atoms with Crippen LogP contribution >= 0.6 is 15.9 Å². The second-order valence-electron chi connectivity index (χ2n) is 5.06. The molecule has 0 aliphatic carbocycles. The molecule has 1 atom stereocenters. The quantitative estimate of drug-likeness (QED) is 0.870. The van der Waals surface area contributed by atoms with Crippen LogP contribution in [0.4, 0.5) is 18.9 Å². The van der Waals surface area contributed by atoms with Crippen LogP contribution in [0.1, 0.15) is 25.3 Å². The molecule has 1 aliphatic heterocycles. The molecule has 1 aromatic carbocycles. The van der Waals surface area contributed by atoms with Gasteiger partial charge >= 0.3 is 6.18 Å². The van der Waals surface area contributed by atoms with Crippen molar-refractivity contribution >= 4 is 21.6 Å². The first-order chi connectivity index (χ1) is 9.40. The van der Waals surface area contributed by atoms with Crippen molar-refractivity contribution in [2.75, 3.05) is 25.0 Å². The number of hydrogen-bond acceptors (Lipinski definition) is 2. The molecule has 0 bridgehead atoms. The average molecular weight is 351 g/mol. The number of halogens is 4. The van der Waals surface area contributed by atoms with Crippen LogP contribution in [0, 0.1) is 0 Å². The molecule has 1 unspecified atom stereocenters. The van der Waals surface area contributed by atoms with Gasteiger partial charge in [-0.2, -0.15) is 13.2 Å². The van der Waals surface area contributed by atoms with Crippen LogP contribution in [0.2, 0.25) is 0 Å². The minimum absolute atomic E-state index is 0.0750. The number of alkyl halides is 3. The van der Waals surface area contributed by atoms with E-state index in [2.05, 4.69) is 33.1 Å². The molecule has 0 spiro atoms. The summed E-state index contributed by atoms with van der Waals surface area (Å²) in [5.41, 5.74) is -0.441. The van der Waals surface area contributed by atoms with Gasteiger partial charge in [0.1, 0.15) is 0 Å². The fourth-order valence-electron chi connectivity index (χ4n) is 2.56. The number of likely N-dealkylation sites (tertiary alicyclic amines) is 1. The fourth-order valence-corrected chi connectivity index (χ4v) is 2.92. The maximum Gasteiger partial charge on any atom is 0.418 e. The van der Waals surface area contributed by atoms with Crippen molar-refractivity contribution in [3.05, 3.63) is 28.2 Å². The Kier molecular flexibility index (Phi) is 4.96. The van der Waals surface area contributed by atoms with Crippen LogP contribution in [0.15, 0.2) is 22.7 Å². The highest BCUT2D eigenvalue weighted by molar-refractivity contribution is 9.10. The average Bonchev–Trinajstić information content (AvgIpc) is 2.40. The first kappa shape index (κ1) is 15.6. The topological polar surface area (TPSA) is 15.3 Å². The summed E-state index contributed by atoms with van der Waals surface area (Å²) in [5.74, 6) is 0. The molecule has 1 heterocycles. The van der Waals surface area contributed by atoms with Crippen molar-refractivity contribution in [1.29, 1.82) is 0 Å². The number of likely N-dealkylation sites (N-methyl/N-ethyl adjacent to an activating group) is 1. The lowest BCUT2D eigenvalue weighted by Crippen LogP contribution is -2.42. The SMILES string of the molecule is CCN1CCCC(Nc2ccc(Br)cc2C(F)(F)F)C1. The largest absolute Gasteiger partial charge is 0.418 e. The molecule has 2 nitrogen and oxygen atoms in total.